The number of ether oxygens (including phenoxy) is 1. The van der Waals surface area contributed by atoms with Gasteiger partial charge in [-0.3, -0.25) is 10.1 Å². The number of hydrogen-bond acceptors (Lipinski definition) is 11. The maximum Gasteiger partial charge on any atom is 0.284 e. The Morgan fingerprint density at radius 1 is 1.08 bits per heavy atom. The minimum atomic E-state index is -0.484. The van der Waals surface area contributed by atoms with Gasteiger partial charge in [0.05, 0.1) is 29.9 Å². The number of furan rings is 1. The van der Waals surface area contributed by atoms with Crippen LogP contribution in [0.15, 0.2) is 70.2 Å². The van der Waals surface area contributed by atoms with E-state index in [1.807, 2.05) is 44.4 Å². The van der Waals surface area contributed by atoms with Crippen molar-refractivity contribution >= 4 is 29.7 Å². The van der Waals surface area contributed by atoms with Crippen molar-refractivity contribution in [3.8, 4) is 17.1 Å². The highest BCUT2D eigenvalue weighted by molar-refractivity contribution is 5.79. The van der Waals surface area contributed by atoms with Gasteiger partial charge in [-0.2, -0.15) is 20.1 Å². The number of nitrogens with zero attached hydrogens (tertiary/aromatic N) is 6. The van der Waals surface area contributed by atoms with Crippen molar-refractivity contribution in [1.82, 2.24) is 15.0 Å². The third kappa shape index (κ3) is 5.91. The molecule has 2 N–H and O–H groups in total. The van der Waals surface area contributed by atoms with Crippen LogP contribution in [0, 0.1) is 10.1 Å². The molecule has 2 aromatic heterocycles. The molecule has 0 saturated heterocycles. The molecule has 2 aromatic carbocycles. The number of rotatable bonds is 10. The highest BCUT2D eigenvalue weighted by Crippen LogP contribution is 2.33. The summed E-state index contributed by atoms with van der Waals surface area (Å²) in [4.78, 5) is 25.8. The van der Waals surface area contributed by atoms with Crippen molar-refractivity contribution in [2.45, 2.75) is 6.54 Å². The van der Waals surface area contributed by atoms with Crippen molar-refractivity contribution in [2.75, 3.05) is 36.8 Å². The number of anilines is 3. The third-order valence-electron chi connectivity index (χ3n) is 4.97. The van der Waals surface area contributed by atoms with Crippen LogP contribution in [0.5, 0.6) is 5.75 Å². The molecule has 0 bridgehead atoms. The molecular weight excluding hydrogens is 464 g/mol. The van der Waals surface area contributed by atoms with E-state index in [9.17, 15) is 10.1 Å². The van der Waals surface area contributed by atoms with Crippen LogP contribution in [0.1, 0.15) is 11.3 Å². The molecule has 12 nitrogen and oxygen atoms in total. The van der Waals surface area contributed by atoms with Gasteiger partial charge in [-0.1, -0.05) is 30.3 Å². The number of benzene rings is 2. The van der Waals surface area contributed by atoms with Crippen LogP contribution in [0.4, 0.5) is 23.5 Å². The van der Waals surface area contributed by atoms with Gasteiger partial charge in [0.25, 0.3) is 5.69 Å². The summed E-state index contributed by atoms with van der Waals surface area (Å²) in [7, 11) is 5.10. The van der Waals surface area contributed by atoms with Crippen LogP contribution in [0.2, 0.25) is 0 Å². The molecule has 4 aromatic rings. The SMILES string of the molecule is COc1ccc(-c2ccc(C=NNc3nc(NCc4ccccc4)nc(N(C)C)n3)o2)c([N+](=O)[O-])c1. The summed E-state index contributed by atoms with van der Waals surface area (Å²) in [6.45, 7) is 0.549. The average molecular weight is 489 g/mol. The maximum absolute atomic E-state index is 11.5. The first kappa shape index (κ1) is 24.1. The van der Waals surface area contributed by atoms with Crippen LogP contribution < -0.4 is 20.4 Å². The first-order valence-corrected chi connectivity index (χ1v) is 10.9. The van der Waals surface area contributed by atoms with E-state index in [-0.39, 0.29) is 11.6 Å². The predicted octanol–water partition coefficient (Wildman–Crippen LogP) is 4.17. The fourth-order valence-electron chi connectivity index (χ4n) is 3.19. The Balaban J connectivity index is 1.48. The summed E-state index contributed by atoms with van der Waals surface area (Å²) in [5.41, 5.74) is 4.07. The van der Waals surface area contributed by atoms with E-state index < -0.39 is 4.92 Å². The lowest BCUT2D eigenvalue weighted by Gasteiger charge is -2.13. The molecule has 0 unspecified atom stereocenters. The molecule has 12 heteroatoms. The molecule has 0 spiro atoms. The lowest BCUT2D eigenvalue weighted by atomic mass is 10.1. The van der Waals surface area contributed by atoms with Gasteiger partial charge in [-0.25, -0.2) is 5.43 Å². The summed E-state index contributed by atoms with van der Waals surface area (Å²) >= 11 is 0. The second-order valence-electron chi connectivity index (χ2n) is 7.73. The molecule has 0 radical (unpaired) electrons. The lowest BCUT2D eigenvalue weighted by Crippen LogP contribution is -2.16. The lowest BCUT2D eigenvalue weighted by molar-refractivity contribution is -0.384. The van der Waals surface area contributed by atoms with E-state index in [1.54, 1.807) is 29.2 Å². The largest absolute Gasteiger partial charge is 0.497 e. The van der Waals surface area contributed by atoms with E-state index in [4.69, 9.17) is 9.15 Å². The van der Waals surface area contributed by atoms with Gasteiger partial charge in [0, 0.05) is 20.6 Å². The van der Waals surface area contributed by atoms with Crippen LogP contribution in [0.25, 0.3) is 11.3 Å². The first-order valence-electron chi connectivity index (χ1n) is 10.9. The maximum atomic E-state index is 11.5. The van der Waals surface area contributed by atoms with Gasteiger partial charge < -0.3 is 19.4 Å². The van der Waals surface area contributed by atoms with Gasteiger partial charge >= 0.3 is 0 Å². The smallest absolute Gasteiger partial charge is 0.284 e. The highest BCUT2D eigenvalue weighted by atomic mass is 16.6. The van der Waals surface area contributed by atoms with Crippen molar-refractivity contribution in [2.24, 2.45) is 5.10 Å². The molecule has 0 atom stereocenters. The topological polar surface area (TPSA) is 144 Å². The molecule has 0 fully saturated rings. The van der Waals surface area contributed by atoms with E-state index in [0.717, 1.165) is 5.56 Å². The van der Waals surface area contributed by atoms with Gasteiger partial charge in [0.1, 0.15) is 17.3 Å². The van der Waals surface area contributed by atoms with E-state index in [2.05, 4.69) is 30.8 Å². The van der Waals surface area contributed by atoms with Crippen molar-refractivity contribution < 1.29 is 14.1 Å². The molecule has 0 amide bonds. The Morgan fingerprint density at radius 2 is 1.86 bits per heavy atom. The minimum Gasteiger partial charge on any atom is -0.497 e. The molecule has 0 aliphatic carbocycles. The number of nitro benzene ring substituents is 1. The van der Waals surface area contributed by atoms with E-state index in [0.29, 0.717) is 41.3 Å². The molecule has 0 aliphatic heterocycles. The normalized spacial score (nSPS) is 10.9. The van der Waals surface area contributed by atoms with Gasteiger partial charge in [-0.05, 0) is 29.8 Å². The minimum absolute atomic E-state index is 0.123. The van der Waals surface area contributed by atoms with Crippen molar-refractivity contribution in [1.29, 1.82) is 0 Å². The standard InChI is InChI=1S/C24H24N8O4/c1-31(2)24-28-22(25-14-16-7-5-4-6-8-16)27-23(29-24)30-26-15-18-10-12-21(36-18)19-11-9-17(35-3)13-20(19)32(33)34/h4-13,15H,14H2,1-3H3,(H2,25,27,28,29,30). The average Bonchev–Trinajstić information content (AvgIpc) is 3.36. The molecule has 0 aliphatic rings. The van der Waals surface area contributed by atoms with Crippen molar-refractivity contribution in [3.05, 3.63) is 82.1 Å². The molecule has 4 rings (SSSR count). The number of methoxy groups -OCH3 is 1. The van der Waals surface area contributed by atoms with Gasteiger partial charge in [-0.15, -0.1) is 0 Å². The molecular formula is C24H24N8O4. The molecule has 2 heterocycles. The zero-order chi connectivity index (χ0) is 25.5. The quantitative estimate of drug-likeness (QED) is 0.189. The van der Waals surface area contributed by atoms with Crippen molar-refractivity contribution in [3.63, 3.8) is 0 Å². The van der Waals surface area contributed by atoms with Crippen LogP contribution in [-0.4, -0.2) is 47.3 Å². The Morgan fingerprint density at radius 3 is 2.58 bits per heavy atom. The fourth-order valence-corrected chi connectivity index (χ4v) is 3.19. The predicted molar refractivity (Wildman–Crippen MR) is 136 cm³/mol. The van der Waals surface area contributed by atoms with E-state index >= 15 is 0 Å². The first-order chi connectivity index (χ1) is 17.4. The second-order valence-corrected chi connectivity index (χ2v) is 7.73. The summed E-state index contributed by atoms with van der Waals surface area (Å²) in [6.07, 6.45) is 1.43. The van der Waals surface area contributed by atoms with Gasteiger partial charge in [0.15, 0.2) is 0 Å². The monoisotopic (exact) mass is 488 g/mol. The molecule has 0 saturated carbocycles. The number of nitrogens with one attached hydrogen (secondary N) is 2. The van der Waals surface area contributed by atoms with Crippen LogP contribution in [-0.2, 0) is 6.54 Å². The highest BCUT2D eigenvalue weighted by Gasteiger charge is 2.19. The fraction of sp³-hybridized carbons (Fsp3) is 0.167. The Kier molecular flexibility index (Phi) is 7.34. The summed E-state index contributed by atoms with van der Waals surface area (Å²) < 4.78 is 10.8. The van der Waals surface area contributed by atoms with Crippen LogP contribution in [0.3, 0.4) is 0 Å². The van der Waals surface area contributed by atoms with Gasteiger partial charge in [0.2, 0.25) is 17.8 Å². The summed E-state index contributed by atoms with van der Waals surface area (Å²) in [6, 6.07) is 17.7. The zero-order valence-electron chi connectivity index (χ0n) is 19.9. The number of aromatic nitrogens is 3. The molecule has 36 heavy (non-hydrogen) atoms. The number of nitro groups is 1. The molecule has 184 valence electrons. The van der Waals surface area contributed by atoms with Crippen LogP contribution >= 0.6 is 0 Å². The third-order valence-corrected chi connectivity index (χ3v) is 4.97. The summed E-state index contributed by atoms with van der Waals surface area (Å²) in [5, 5.41) is 18.8. The van der Waals surface area contributed by atoms with E-state index in [1.165, 1.54) is 19.4 Å². The zero-order valence-corrected chi connectivity index (χ0v) is 19.9. The Labute approximate surface area is 206 Å². The Bertz CT molecular complexity index is 1370. The number of hydrogen-bond donors (Lipinski definition) is 2. The second kappa shape index (κ2) is 11.0. The summed E-state index contributed by atoms with van der Waals surface area (Å²) in [5.74, 6) is 2.17. The number of hydrazone groups is 1. The Hall–Kier alpha value is -5.00.